The Morgan fingerprint density at radius 3 is 0.798 bits per heavy atom. The summed E-state index contributed by atoms with van der Waals surface area (Å²) in [6, 6.07) is 0. The normalized spacial score (nSPS) is 14.6. The number of ether oxygens (including phenoxy) is 4. The maximum absolute atomic E-state index is 13.0. The maximum atomic E-state index is 13.0. The van der Waals surface area contributed by atoms with E-state index in [1.54, 1.807) is 0 Å². The molecular weight excluding hydrogens is 1170 g/mol. The summed E-state index contributed by atoms with van der Waals surface area (Å²) in [7, 11) is -9.90. The van der Waals surface area contributed by atoms with Crippen molar-refractivity contribution in [2.75, 3.05) is 39.6 Å². The topological polar surface area (TPSA) is 237 Å². The predicted molar refractivity (Wildman–Crippen MR) is 358 cm³/mol. The van der Waals surface area contributed by atoms with Gasteiger partial charge in [-0.25, -0.2) is 9.13 Å². The van der Waals surface area contributed by atoms with E-state index in [4.69, 9.17) is 37.0 Å². The fourth-order valence-electron chi connectivity index (χ4n) is 10.5. The van der Waals surface area contributed by atoms with Crippen molar-refractivity contribution in [1.82, 2.24) is 0 Å². The highest BCUT2D eigenvalue weighted by atomic mass is 31.2. The molecule has 0 fully saturated rings. The minimum atomic E-state index is -4.95. The van der Waals surface area contributed by atoms with E-state index in [9.17, 15) is 43.2 Å². The number of aliphatic hydroxyl groups is 1. The molecule has 0 aromatic rings. The average Bonchev–Trinajstić information content (AvgIpc) is 3.66. The first-order valence-electron chi connectivity index (χ1n) is 36.2. The molecule has 0 aromatic carbocycles. The molecule has 0 heterocycles. The van der Waals surface area contributed by atoms with Crippen LogP contribution in [0, 0.1) is 23.7 Å². The van der Waals surface area contributed by atoms with Crippen LogP contribution in [0.1, 0.15) is 344 Å². The molecule has 0 spiro atoms. The highest BCUT2D eigenvalue weighted by Gasteiger charge is 2.30. The van der Waals surface area contributed by atoms with Crippen LogP contribution in [0.4, 0.5) is 0 Å². The number of esters is 4. The third kappa shape index (κ3) is 63.2. The molecule has 0 aromatic heterocycles. The highest BCUT2D eigenvalue weighted by molar-refractivity contribution is 7.47. The number of phosphoric ester groups is 2. The number of unbranched alkanes of at least 4 members (excludes halogenated alkanes) is 32. The number of rotatable bonds is 67. The zero-order valence-corrected chi connectivity index (χ0v) is 59.8. The summed E-state index contributed by atoms with van der Waals surface area (Å²) in [5.74, 6) is 0.842. The van der Waals surface area contributed by atoms with Gasteiger partial charge in [0, 0.05) is 25.7 Å². The minimum Gasteiger partial charge on any atom is -0.462 e. The number of hydrogen-bond donors (Lipinski definition) is 3. The fraction of sp³-hybridized carbons (Fsp3) is 0.943. The summed E-state index contributed by atoms with van der Waals surface area (Å²) < 4.78 is 68.3. The monoisotopic (exact) mass is 1310 g/mol. The fourth-order valence-corrected chi connectivity index (χ4v) is 12.0. The van der Waals surface area contributed by atoms with E-state index >= 15 is 0 Å². The Balaban J connectivity index is 5.23. The molecule has 0 rings (SSSR count). The van der Waals surface area contributed by atoms with Crippen LogP contribution in [0.2, 0.25) is 0 Å². The lowest BCUT2D eigenvalue weighted by Gasteiger charge is -2.21. The number of carbonyl (C=O) groups excluding carboxylic acids is 4. The Labute approximate surface area is 543 Å². The lowest BCUT2D eigenvalue weighted by Crippen LogP contribution is -2.30. The number of carbonyl (C=O) groups is 4. The molecule has 0 saturated heterocycles. The largest absolute Gasteiger partial charge is 0.472 e. The lowest BCUT2D eigenvalue weighted by atomic mass is 10.00. The third-order valence-corrected chi connectivity index (χ3v) is 18.3. The summed E-state index contributed by atoms with van der Waals surface area (Å²) in [5.41, 5.74) is 0. The second-order valence-electron chi connectivity index (χ2n) is 26.9. The van der Waals surface area contributed by atoms with E-state index in [-0.39, 0.29) is 25.7 Å². The molecule has 89 heavy (non-hydrogen) atoms. The first-order chi connectivity index (χ1) is 42.6. The number of phosphoric acid groups is 2. The van der Waals surface area contributed by atoms with Crippen LogP contribution in [0.3, 0.4) is 0 Å². The van der Waals surface area contributed by atoms with Crippen LogP contribution in [0.15, 0.2) is 0 Å². The van der Waals surface area contributed by atoms with Crippen molar-refractivity contribution in [3.05, 3.63) is 0 Å². The van der Waals surface area contributed by atoms with Gasteiger partial charge in [0.1, 0.15) is 19.3 Å². The molecule has 0 aliphatic rings. The van der Waals surface area contributed by atoms with Gasteiger partial charge >= 0.3 is 39.5 Å². The van der Waals surface area contributed by atoms with Gasteiger partial charge in [-0.3, -0.25) is 37.3 Å². The van der Waals surface area contributed by atoms with Crippen LogP contribution < -0.4 is 0 Å². The van der Waals surface area contributed by atoms with Crippen LogP contribution >= 0.6 is 15.6 Å². The Kier molecular flexibility index (Phi) is 58.5. The van der Waals surface area contributed by atoms with Gasteiger partial charge in [0.25, 0.3) is 0 Å². The molecule has 0 aliphatic carbocycles. The van der Waals surface area contributed by atoms with Crippen molar-refractivity contribution in [2.45, 2.75) is 363 Å². The van der Waals surface area contributed by atoms with Crippen LogP contribution in [-0.2, 0) is 65.4 Å². The SMILES string of the molecule is CCC(C)CCCCCCCCC(=O)OC[C@H](COP(=O)(O)OC[C@H](O)COP(=O)(O)OC[C@@H](COC(=O)CCCCCCCCCCCCCCC(C)C)OC(=O)CCCCCCCCCC(C)C)OC(=O)CCCCCCCCCCCCCC(C)C. The molecule has 0 aliphatic heterocycles. The van der Waals surface area contributed by atoms with E-state index in [2.05, 4.69) is 55.4 Å². The van der Waals surface area contributed by atoms with Crippen molar-refractivity contribution >= 4 is 39.5 Å². The van der Waals surface area contributed by atoms with Gasteiger partial charge in [-0.05, 0) is 49.4 Å². The van der Waals surface area contributed by atoms with Crippen molar-refractivity contribution in [3.63, 3.8) is 0 Å². The molecule has 3 unspecified atom stereocenters. The van der Waals surface area contributed by atoms with Crippen LogP contribution in [0.25, 0.3) is 0 Å². The van der Waals surface area contributed by atoms with Gasteiger partial charge in [0.05, 0.1) is 26.4 Å². The highest BCUT2D eigenvalue weighted by Crippen LogP contribution is 2.45. The lowest BCUT2D eigenvalue weighted by molar-refractivity contribution is -0.161. The number of hydrogen-bond acceptors (Lipinski definition) is 15. The smallest absolute Gasteiger partial charge is 0.462 e. The van der Waals surface area contributed by atoms with Gasteiger partial charge in [0.2, 0.25) is 0 Å². The average molecular weight is 1310 g/mol. The quantitative estimate of drug-likeness (QED) is 0.0222. The summed E-state index contributed by atoms with van der Waals surface area (Å²) in [4.78, 5) is 72.5. The molecule has 6 atom stereocenters. The van der Waals surface area contributed by atoms with E-state index in [1.165, 1.54) is 141 Å². The molecule has 3 N–H and O–H groups in total. The van der Waals surface area contributed by atoms with Gasteiger partial charge in [-0.1, -0.05) is 293 Å². The Morgan fingerprint density at radius 2 is 0.539 bits per heavy atom. The molecule has 19 heteroatoms. The third-order valence-electron chi connectivity index (χ3n) is 16.4. The molecule has 0 bridgehead atoms. The first-order valence-corrected chi connectivity index (χ1v) is 39.2. The summed E-state index contributed by atoms with van der Waals surface area (Å²) in [6.07, 6.45) is 41.8. The van der Waals surface area contributed by atoms with Crippen LogP contribution in [-0.4, -0.2) is 96.7 Å². The molecular formula is C70H136O17P2. The summed E-state index contributed by atoms with van der Waals surface area (Å²) in [5, 5.41) is 10.6. The molecule has 0 radical (unpaired) electrons. The van der Waals surface area contributed by atoms with E-state index in [1.807, 2.05) is 0 Å². The Bertz CT molecular complexity index is 1770. The molecule has 0 saturated carbocycles. The second kappa shape index (κ2) is 59.8. The summed E-state index contributed by atoms with van der Waals surface area (Å²) in [6.45, 7) is 14.1. The van der Waals surface area contributed by atoms with Gasteiger partial charge in [0.15, 0.2) is 12.2 Å². The zero-order valence-electron chi connectivity index (χ0n) is 58.1. The Morgan fingerprint density at radius 1 is 0.315 bits per heavy atom. The van der Waals surface area contributed by atoms with E-state index in [0.29, 0.717) is 31.6 Å². The number of aliphatic hydroxyl groups excluding tert-OH is 1. The summed E-state index contributed by atoms with van der Waals surface area (Å²) >= 11 is 0. The van der Waals surface area contributed by atoms with Crippen molar-refractivity contribution in [1.29, 1.82) is 0 Å². The first kappa shape index (κ1) is 87.1. The minimum absolute atomic E-state index is 0.103. The van der Waals surface area contributed by atoms with E-state index < -0.39 is 97.5 Å². The molecule has 528 valence electrons. The zero-order chi connectivity index (χ0) is 66.1. The van der Waals surface area contributed by atoms with Crippen molar-refractivity contribution in [2.24, 2.45) is 23.7 Å². The van der Waals surface area contributed by atoms with Crippen LogP contribution in [0.5, 0.6) is 0 Å². The van der Waals surface area contributed by atoms with Crippen molar-refractivity contribution in [3.8, 4) is 0 Å². The van der Waals surface area contributed by atoms with Gasteiger partial charge in [-0.15, -0.1) is 0 Å². The maximum Gasteiger partial charge on any atom is 0.472 e. The van der Waals surface area contributed by atoms with Gasteiger partial charge < -0.3 is 33.8 Å². The molecule has 0 amide bonds. The van der Waals surface area contributed by atoms with Crippen molar-refractivity contribution < 1.29 is 80.2 Å². The standard InChI is InChI=1S/C70H136O17P2/c1-9-63(8)49-41-33-28-29-35-43-51-68(73)81-57-66(86-69(74)52-44-36-26-20-16-12-14-18-23-31-39-47-61(4)5)59-85-89(78,79)83-55-64(71)54-82-88(76,77)84-58-65(87-70(75)53-45-37-27-21-24-32-40-48-62(6)7)56-80-67(72)50-42-34-25-19-15-11-10-13-17-22-30-38-46-60(2)3/h60-66,71H,9-59H2,1-8H3,(H,76,77)(H,78,79)/t63?,64-,65-,66-/m1/s1. The Hall–Kier alpha value is -1.94. The predicted octanol–water partition coefficient (Wildman–Crippen LogP) is 19.7. The van der Waals surface area contributed by atoms with Gasteiger partial charge in [-0.2, -0.15) is 0 Å². The molecule has 17 nitrogen and oxygen atoms in total. The second-order valence-corrected chi connectivity index (χ2v) is 29.8. The van der Waals surface area contributed by atoms with E-state index in [0.717, 1.165) is 114 Å².